The summed E-state index contributed by atoms with van der Waals surface area (Å²) < 4.78 is 44.3. The lowest BCUT2D eigenvalue weighted by Gasteiger charge is -2.20. The summed E-state index contributed by atoms with van der Waals surface area (Å²) in [4.78, 5) is 11.5. The van der Waals surface area contributed by atoms with Crippen molar-refractivity contribution in [2.24, 2.45) is 5.73 Å². The Labute approximate surface area is 121 Å². The van der Waals surface area contributed by atoms with Crippen LogP contribution in [0.1, 0.15) is 32.3 Å². The van der Waals surface area contributed by atoms with Gasteiger partial charge in [0.25, 0.3) is 0 Å². The minimum atomic E-state index is -2.76. The third-order valence-corrected chi connectivity index (χ3v) is 2.60. The molecule has 118 valence electrons. The van der Waals surface area contributed by atoms with Crippen molar-refractivity contribution in [3.63, 3.8) is 0 Å². The van der Waals surface area contributed by atoms with Gasteiger partial charge >= 0.3 is 6.09 Å². The molecule has 1 aromatic rings. The van der Waals surface area contributed by atoms with E-state index in [1.54, 1.807) is 20.8 Å². The number of carbonyl (C=O) groups is 1. The standard InChI is InChI=1S/C14H19F3N2O2/c1-14(2,3)21-13(20)19-8-4-5-9(11(15)6-8)10(7-18)12(16)17/h4-6,10,12H,7,18H2,1-3H3,(H,19,20). The number of nitrogens with one attached hydrogen (secondary N) is 1. The van der Waals surface area contributed by atoms with Gasteiger partial charge in [-0.15, -0.1) is 0 Å². The van der Waals surface area contributed by atoms with Gasteiger partial charge in [-0.3, -0.25) is 5.32 Å². The fraction of sp³-hybridized carbons (Fsp3) is 0.500. The molecule has 0 saturated heterocycles. The van der Waals surface area contributed by atoms with E-state index in [9.17, 15) is 18.0 Å². The summed E-state index contributed by atoms with van der Waals surface area (Å²) in [6.45, 7) is 4.69. The van der Waals surface area contributed by atoms with Crippen LogP contribution < -0.4 is 11.1 Å². The first-order valence-electron chi connectivity index (χ1n) is 6.41. The molecule has 0 radical (unpaired) electrons. The third-order valence-electron chi connectivity index (χ3n) is 2.60. The normalized spacial score (nSPS) is 13.1. The molecule has 1 rings (SSSR count). The van der Waals surface area contributed by atoms with Crippen LogP contribution in [0.2, 0.25) is 0 Å². The lowest BCUT2D eigenvalue weighted by molar-refractivity contribution is 0.0635. The molecule has 0 aliphatic rings. The second kappa shape index (κ2) is 6.80. The van der Waals surface area contributed by atoms with Crippen LogP contribution in [-0.2, 0) is 4.74 Å². The average molecular weight is 304 g/mol. The van der Waals surface area contributed by atoms with Crippen LogP contribution in [0.5, 0.6) is 0 Å². The first-order chi connectivity index (χ1) is 9.64. The van der Waals surface area contributed by atoms with Gasteiger partial charge in [-0.2, -0.15) is 0 Å². The number of rotatable bonds is 4. The molecule has 0 aliphatic carbocycles. The van der Waals surface area contributed by atoms with Crippen LogP contribution in [0.25, 0.3) is 0 Å². The van der Waals surface area contributed by atoms with Crippen molar-refractivity contribution >= 4 is 11.8 Å². The molecule has 0 saturated carbocycles. The van der Waals surface area contributed by atoms with Gasteiger partial charge in [0.05, 0.1) is 5.92 Å². The Balaban J connectivity index is 2.85. The molecule has 0 aliphatic heterocycles. The Kier molecular flexibility index (Phi) is 5.60. The van der Waals surface area contributed by atoms with E-state index in [1.165, 1.54) is 12.1 Å². The van der Waals surface area contributed by atoms with Crippen LogP contribution in [0.4, 0.5) is 23.7 Å². The zero-order chi connectivity index (χ0) is 16.2. The topological polar surface area (TPSA) is 64.3 Å². The highest BCUT2D eigenvalue weighted by Gasteiger charge is 2.24. The van der Waals surface area contributed by atoms with Crippen molar-refractivity contribution in [2.75, 3.05) is 11.9 Å². The van der Waals surface area contributed by atoms with Gasteiger partial charge in [0.15, 0.2) is 0 Å². The summed E-state index contributed by atoms with van der Waals surface area (Å²) >= 11 is 0. The number of alkyl halides is 2. The number of nitrogens with two attached hydrogens (primary N) is 1. The number of amides is 1. The molecule has 0 spiro atoms. The molecule has 4 nitrogen and oxygen atoms in total. The number of halogens is 3. The molecular formula is C14H19F3N2O2. The van der Waals surface area contributed by atoms with E-state index in [1.807, 2.05) is 0 Å². The van der Waals surface area contributed by atoms with Gasteiger partial charge in [0.1, 0.15) is 11.4 Å². The van der Waals surface area contributed by atoms with Crippen molar-refractivity contribution in [3.8, 4) is 0 Å². The summed E-state index contributed by atoms with van der Waals surface area (Å²) in [5.41, 5.74) is 4.48. The molecule has 1 unspecified atom stereocenters. The van der Waals surface area contributed by atoms with E-state index in [4.69, 9.17) is 10.5 Å². The third kappa shape index (κ3) is 5.26. The average Bonchev–Trinajstić information content (AvgIpc) is 2.29. The molecule has 3 N–H and O–H groups in total. The predicted octanol–water partition coefficient (Wildman–Crippen LogP) is 3.48. The van der Waals surface area contributed by atoms with Crippen molar-refractivity contribution in [3.05, 3.63) is 29.6 Å². The molecular weight excluding hydrogens is 285 g/mol. The molecule has 0 aromatic heterocycles. The zero-order valence-electron chi connectivity index (χ0n) is 12.1. The predicted molar refractivity (Wildman–Crippen MR) is 74.1 cm³/mol. The highest BCUT2D eigenvalue weighted by molar-refractivity contribution is 5.84. The summed E-state index contributed by atoms with van der Waals surface area (Å²) in [5, 5.41) is 2.33. The molecule has 1 amide bonds. The quantitative estimate of drug-likeness (QED) is 0.895. The van der Waals surface area contributed by atoms with Crippen molar-refractivity contribution < 1.29 is 22.7 Å². The Morgan fingerprint density at radius 3 is 2.43 bits per heavy atom. The number of benzene rings is 1. The highest BCUT2D eigenvalue weighted by Crippen LogP contribution is 2.27. The Bertz CT molecular complexity index is 501. The number of carbonyl (C=O) groups excluding carboxylic acids is 1. The molecule has 0 heterocycles. The maximum atomic E-state index is 13.9. The first kappa shape index (κ1) is 17.3. The fourth-order valence-electron chi connectivity index (χ4n) is 1.69. The number of hydrogen-bond donors (Lipinski definition) is 2. The van der Waals surface area contributed by atoms with Gasteiger partial charge in [-0.05, 0) is 38.5 Å². The van der Waals surface area contributed by atoms with Gasteiger partial charge in [0, 0.05) is 12.2 Å². The van der Waals surface area contributed by atoms with Crippen LogP contribution in [-0.4, -0.2) is 24.7 Å². The largest absolute Gasteiger partial charge is 0.444 e. The van der Waals surface area contributed by atoms with Crippen LogP contribution >= 0.6 is 0 Å². The lowest BCUT2D eigenvalue weighted by Crippen LogP contribution is -2.27. The molecule has 0 fully saturated rings. The van der Waals surface area contributed by atoms with Crippen LogP contribution in [0, 0.1) is 5.82 Å². The Hall–Kier alpha value is -1.76. The highest BCUT2D eigenvalue weighted by atomic mass is 19.3. The second-order valence-corrected chi connectivity index (χ2v) is 5.54. The van der Waals surface area contributed by atoms with Gasteiger partial charge < -0.3 is 10.5 Å². The summed E-state index contributed by atoms with van der Waals surface area (Å²) in [5.74, 6) is -2.22. The minimum Gasteiger partial charge on any atom is -0.444 e. The summed E-state index contributed by atoms with van der Waals surface area (Å²) in [6, 6.07) is 3.48. The smallest absolute Gasteiger partial charge is 0.412 e. The van der Waals surface area contributed by atoms with Crippen LogP contribution in [0.3, 0.4) is 0 Å². The zero-order valence-corrected chi connectivity index (χ0v) is 12.1. The monoisotopic (exact) mass is 304 g/mol. The minimum absolute atomic E-state index is 0.121. The Morgan fingerprint density at radius 1 is 1.38 bits per heavy atom. The van der Waals surface area contributed by atoms with Gasteiger partial charge in [-0.1, -0.05) is 6.07 Å². The lowest BCUT2D eigenvalue weighted by atomic mass is 9.99. The van der Waals surface area contributed by atoms with Gasteiger partial charge in [0.2, 0.25) is 6.43 Å². The first-order valence-corrected chi connectivity index (χ1v) is 6.41. The fourth-order valence-corrected chi connectivity index (χ4v) is 1.69. The maximum Gasteiger partial charge on any atom is 0.412 e. The van der Waals surface area contributed by atoms with E-state index in [-0.39, 0.29) is 17.8 Å². The van der Waals surface area contributed by atoms with E-state index in [0.717, 1.165) is 6.07 Å². The van der Waals surface area contributed by atoms with Gasteiger partial charge in [-0.25, -0.2) is 18.0 Å². The van der Waals surface area contributed by atoms with Crippen molar-refractivity contribution in [1.82, 2.24) is 0 Å². The molecule has 1 aromatic carbocycles. The van der Waals surface area contributed by atoms with Crippen molar-refractivity contribution in [1.29, 1.82) is 0 Å². The number of anilines is 1. The Morgan fingerprint density at radius 2 is 2.00 bits per heavy atom. The summed E-state index contributed by atoms with van der Waals surface area (Å²) in [6.07, 6.45) is -3.51. The number of hydrogen-bond acceptors (Lipinski definition) is 3. The van der Waals surface area contributed by atoms with Crippen LogP contribution in [0.15, 0.2) is 18.2 Å². The molecule has 0 bridgehead atoms. The van der Waals surface area contributed by atoms with Crippen molar-refractivity contribution in [2.45, 2.75) is 38.7 Å². The van der Waals surface area contributed by atoms with E-state index >= 15 is 0 Å². The molecule has 21 heavy (non-hydrogen) atoms. The number of ether oxygens (including phenoxy) is 1. The van der Waals surface area contributed by atoms with E-state index in [0.29, 0.717) is 0 Å². The second-order valence-electron chi connectivity index (χ2n) is 5.54. The SMILES string of the molecule is CC(C)(C)OC(=O)Nc1ccc(C(CN)C(F)F)c(F)c1. The molecule has 7 heteroatoms. The summed E-state index contributed by atoms with van der Waals surface area (Å²) in [7, 11) is 0. The van der Waals surface area contributed by atoms with E-state index < -0.39 is 29.9 Å². The van der Waals surface area contributed by atoms with E-state index in [2.05, 4.69) is 5.32 Å². The molecule has 1 atom stereocenters. The maximum absolute atomic E-state index is 13.9.